The van der Waals surface area contributed by atoms with Crippen LogP contribution in [0.5, 0.6) is 5.75 Å². The van der Waals surface area contributed by atoms with Crippen molar-refractivity contribution in [2.24, 2.45) is 0 Å². The molecule has 0 aliphatic carbocycles. The van der Waals surface area contributed by atoms with Gasteiger partial charge in [0.2, 0.25) is 0 Å². The standard InChI is InChI=1S/C16H19ClN2O/c1-2-18-12-13-6-7-16(15(17)11-13)20-10-8-14-5-3-4-9-19-14/h3-7,9,11,18H,2,8,10,12H2,1H3. The van der Waals surface area contributed by atoms with Crippen LogP contribution in [-0.4, -0.2) is 18.1 Å². The molecule has 0 fully saturated rings. The lowest BCUT2D eigenvalue weighted by Crippen LogP contribution is -2.11. The summed E-state index contributed by atoms with van der Waals surface area (Å²) in [5, 5.41) is 3.92. The largest absolute Gasteiger partial charge is 0.492 e. The maximum Gasteiger partial charge on any atom is 0.137 e. The van der Waals surface area contributed by atoms with E-state index < -0.39 is 0 Å². The van der Waals surface area contributed by atoms with E-state index in [1.165, 1.54) is 0 Å². The first-order chi connectivity index (χ1) is 9.79. The summed E-state index contributed by atoms with van der Waals surface area (Å²) in [7, 11) is 0. The Balaban J connectivity index is 1.86. The fraction of sp³-hybridized carbons (Fsp3) is 0.312. The average Bonchev–Trinajstić information content (AvgIpc) is 2.48. The zero-order valence-electron chi connectivity index (χ0n) is 11.6. The topological polar surface area (TPSA) is 34.1 Å². The maximum absolute atomic E-state index is 6.22. The van der Waals surface area contributed by atoms with Crippen molar-refractivity contribution < 1.29 is 4.74 Å². The molecule has 4 heteroatoms. The molecule has 1 aromatic carbocycles. The number of pyridine rings is 1. The van der Waals surface area contributed by atoms with Crippen molar-refractivity contribution in [3.05, 3.63) is 58.9 Å². The Morgan fingerprint density at radius 2 is 2.15 bits per heavy atom. The van der Waals surface area contributed by atoms with Gasteiger partial charge in [-0.25, -0.2) is 0 Å². The summed E-state index contributed by atoms with van der Waals surface area (Å²) >= 11 is 6.22. The van der Waals surface area contributed by atoms with Gasteiger partial charge in [-0.15, -0.1) is 0 Å². The van der Waals surface area contributed by atoms with Crippen molar-refractivity contribution in [3.8, 4) is 5.75 Å². The zero-order chi connectivity index (χ0) is 14.2. The number of hydrogen-bond donors (Lipinski definition) is 1. The van der Waals surface area contributed by atoms with E-state index in [4.69, 9.17) is 16.3 Å². The van der Waals surface area contributed by atoms with E-state index >= 15 is 0 Å². The minimum absolute atomic E-state index is 0.573. The van der Waals surface area contributed by atoms with Crippen molar-refractivity contribution in [1.82, 2.24) is 10.3 Å². The van der Waals surface area contributed by atoms with Gasteiger partial charge in [-0.05, 0) is 36.4 Å². The van der Waals surface area contributed by atoms with Gasteiger partial charge < -0.3 is 10.1 Å². The van der Waals surface area contributed by atoms with Crippen molar-refractivity contribution in [1.29, 1.82) is 0 Å². The van der Waals surface area contributed by atoms with Gasteiger partial charge in [0.05, 0.1) is 11.6 Å². The summed E-state index contributed by atoms with van der Waals surface area (Å²) in [5.41, 5.74) is 2.18. The molecular formula is C16H19ClN2O. The molecular weight excluding hydrogens is 272 g/mol. The molecule has 0 atom stereocenters. The first-order valence-electron chi connectivity index (χ1n) is 6.81. The van der Waals surface area contributed by atoms with Crippen LogP contribution in [0.15, 0.2) is 42.6 Å². The summed E-state index contributed by atoms with van der Waals surface area (Å²) < 4.78 is 5.71. The Kier molecular flexibility index (Phi) is 5.84. The SMILES string of the molecule is CCNCc1ccc(OCCc2ccccn2)c(Cl)c1. The monoisotopic (exact) mass is 290 g/mol. The van der Waals surface area contributed by atoms with Crippen molar-refractivity contribution in [2.45, 2.75) is 19.9 Å². The Labute approximate surface area is 124 Å². The molecule has 0 unspecified atom stereocenters. The van der Waals surface area contributed by atoms with Crippen LogP contribution in [0.3, 0.4) is 0 Å². The lowest BCUT2D eigenvalue weighted by molar-refractivity contribution is 0.320. The Morgan fingerprint density at radius 1 is 1.25 bits per heavy atom. The number of benzene rings is 1. The Bertz CT molecular complexity index is 531. The van der Waals surface area contributed by atoms with E-state index in [1.807, 2.05) is 36.4 Å². The molecule has 20 heavy (non-hydrogen) atoms. The van der Waals surface area contributed by atoms with Gasteiger partial charge in [0.15, 0.2) is 0 Å². The van der Waals surface area contributed by atoms with Crippen molar-refractivity contribution >= 4 is 11.6 Å². The second-order valence-electron chi connectivity index (χ2n) is 4.46. The predicted octanol–water partition coefficient (Wildman–Crippen LogP) is 3.47. The van der Waals surface area contributed by atoms with E-state index in [-0.39, 0.29) is 0 Å². The zero-order valence-corrected chi connectivity index (χ0v) is 12.4. The molecule has 0 aliphatic heterocycles. The average molecular weight is 291 g/mol. The van der Waals surface area contributed by atoms with Crippen LogP contribution in [0.25, 0.3) is 0 Å². The van der Waals surface area contributed by atoms with Crippen LogP contribution in [0, 0.1) is 0 Å². The molecule has 0 radical (unpaired) electrons. The molecule has 106 valence electrons. The van der Waals surface area contributed by atoms with Crippen molar-refractivity contribution in [2.75, 3.05) is 13.2 Å². The van der Waals surface area contributed by atoms with Crippen LogP contribution in [0.4, 0.5) is 0 Å². The Morgan fingerprint density at radius 3 is 2.85 bits per heavy atom. The second-order valence-corrected chi connectivity index (χ2v) is 4.87. The van der Waals surface area contributed by atoms with Gasteiger partial charge in [-0.3, -0.25) is 4.98 Å². The van der Waals surface area contributed by atoms with Crippen LogP contribution < -0.4 is 10.1 Å². The summed E-state index contributed by atoms with van der Waals surface area (Å²) in [6, 6.07) is 11.8. The molecule has 1 N–H and O–H groups in total. The highest BCUT2D eigenvalue weighted by Crippen LogP contribution is 2.25. The summed E-state index contributed by atoms with van der Waals surface area (Å²) in [6.45, 7) is 4.42. The van der Waals surface area contributed by atoms with E-state index in [2.05, 4.69) is 17.2 Å². The fourth-order valence-corrected chi connectivity index (χ4v) is 2.11. The molecule has 0 amide bonds. The van der Waals surface area contributed by atoms with E-state index in [1.54, 1.807) is 6.20 Å². The second kappa shape index (κ2) is 7.88. The third-order valence-electron chi connectivity index (χ3n) is 2.92. The number of hydrogen-bond acceptors (Lipinski definition) is 3. The minimum atomic E-state index is 0.573. The lowest BCUT2D eigenvalue weighted by Gasteiger charge is -2.09. The van der Waals surface area contributed by atoms with Gasteiger partial charge in [0.1, 0.15) is 5.75 Å². The highest BCUT2D eigenvalue weighted by molar-refractivity contribution is 6.32. The molecule has 0 aliphatic rings. The predicted molar refractivity (Wildman–Crippen MR) is 82.3 cm³/mol. The van der Waals surface area contributed by atoms with Crippen LogP contribution in [0.1, 0.15) is 18.2 Å². The fourth-order valence-electron chi connectivity index (χ4n) is 1.85. The Hall–Kier alpha value is -1.58. The lowest BCUT2D eigenvalue weighted by atomic mass is 10.2. The number of nitrogens with zero attached hydrogens (tertiary/aromatic N) is 1. The van der Waals surface area contributed by atoms with Crippen LogP contribution in [-0.2, 0) is 13.0 Å². The number of halogens is 1. The van der Waals surface area contributed by atoms with E-state index in [0.717, 1.165) is 36.5 Å². The van der Waals surface area contributed by atoms with Crippen LogP contribution >= 0.6 is 11.6 Å². The van der Waals surface area contributed by atoms with Gasteiger partial charge in [-0.2, -0.15) is 0 Å². The number of nitrogens with one attached hydrogen (secondary N) is 1. The number of aromatic nitrogens is 1. The maximum atomic E-state index is 6.22. The summed E-state index contributed by atoms with van der Waals surface area (Å²) in [4.78, 5) is 4.26. The first-order valence-corrected chi connectivity index (χ1v) is 7.19. The number of ether oxygens (including phenoxy) is 1. The smallest absolute Gasteiger partial charge is 0.137 e. The van der Waals surface area contributed by atoms with Gasteiger partial charge in [0.25, 0.3) is 0 Å². The summed E-state index contributed by atoms with van der Waals surface area (Å²) in [5.74, 6) is 0.725. The molecule has 3 nitrogen and oxygen atoms in total. The number of rotatable bonds is 7. The van der Waals surface area contributed by atoms with Crippen LogP contribution in [0.2, 0.25) is 5.02 Å². The molecule has 0 spiro atoms. The van der Waals surface area contributed by atoms with Gasteiger partial charge >= 0.3 is 0 Å². The van der Waals surface area contributed by atoms with Crippen molar-refractivity contribution in [3.63, 3.8) is 0 Å². The molecule has 0 saturated carbocycles. The summed E-state index contributed by atoms with van der Waals surface area (Å²) in [6.07, 6.45) is 2.56. The normalized spacial score (nSPS) is 10.5. The molecule has 1 heterocycles. The molecule has 2 aromatic rings. The van der Waals surface area contributed by atoms with Gasteiger partial charge in [-0.1, -0.05) is 30.7 Å². The highest BCUT2D eigenvalue weighted by atomic mass is 35.5. The molecule has 0 bridgehead atoms. The third kappa shape index (κ3) is 4.51. The quantitative estimate of drug-likeness (QED) is 0.848. The van der Waals surface area contributed by atoms with Gasteiger partial charge in [0, 0.05) is 24.9 Å². The first kappa shape index (κ1) is 14.8. The third-order valence-corrected chi connectivity index (χ3v) is 3.21. The minimum Gasteiger partial charge on any atom is -0.492 e. The highest BCUT2D eigenvalue weighted by Gasteiger charge is 2.03. The van der Waals surface area contributed by atoms with E-state index in [0.29, 0.717) is 11.6 Å². The molecule has 1 aromatic heterocycles. The molecule has 2 rings (SSSR count). The van der Waals surface area contributed by atoms with E-state index in [9.17, 15) is 0 Å². The molecule has 0 saturated heterocycles.